The SMILES string of the molecule is Cc1ccc(-c2cccc3sc(N(C)C)nc23)cc1. The van der Waals surface area contributed by atoms with E-state index in [-0.39, 0.29) is 0 Å². The number of para-hydroxylation sites is 1. The number of thiazole rings is 1. The van der Waals surface area contributed by atoms with E-state index in [1.807, 2.05) is 14.1 Å². The van der Waals surface area contributed by atoms with Crippen LogP contribution >= 0.6 is 11.3 Å². The van der Waals surface area contributed by atoms with Gasteiger partial charge in [-0.3, -0.25) is 0 Å². The summed E-state index contributed by atoms with van der Waals surface area (Å²) in [6.45, 7) is 2.11. The lowest BCUT2D eigenvalue weighted by molar-refractivity contribution is 1.11. The maximum Gasteiger partial charge on any atom is 0.185 e. The average molecular weight is 268 g/mol. The Bertz CT molecular complexity index is 711. The van der Waals surface area contributed by atoms with Crippen molar-refractivity contribution in [2.45, 2.75) is 6.92 Å². The molecule has 0 saturated heterocycles. The summed E-state index contributed by atoms with van der Waals surface area (Å²) >= 11 is 1.73. The number of hydrogen-bond donors (Lipinski definition) is 0. The summed E-state index contributed by atoms with van der Waals surface area (Å²) in [7, 11) is 4.06. The maximum absolute atomic E-state index is 4.76. The highest BCUT2D eigenvalue weighted by atomic mass is 32.1. The molecular weight excluding hydrogens is 252 g/mol. The molecule has 3 heteroatoms. The third-order valence-corrected chi connectivity index (χ3v) is 4.34. The summed E-state index contributed by atoms with van der Waals surface area (Å²) < 4.78 is 1.24. The average Bonchev–Trinajstić information content (AvgIpc) is 2.83. The second-order valence-corrected chi connectivity index (χ2v) is 5.92. The quantitative estimate of drug-likeness (QED) is 0.687. The van der Waals surface area contributed by atoms with Crippen molar-refractivity contribution in [1.82, 2.24) is 4.98 Å². The molecular formula is C16H16N2S. The number of rotatable bonds is 2. The van der Waals surface area contributed by atoms with Gasteiger partial charge in [0.15, 0.2) is 5.13 Å². The molecule has 3 rings (SSSR count). The zero-order valence-corrected chi connectivity index (χ0v) is 12.2. The largest absolute Gasteiger partial charge is 0.354 e. The van der Waals surface area contributed by atoms with Crippen molar-refractivity contribution in [2.24, 2.45) is 0 Å². The van der Waals surface area contributed by atoms with Gasteiger partial charge in [-0.1, -0.05) is 53.3 Å². The summed E-state index contributed by atoms with van der Waals surface area (Å²) in [5, 5.41) is 1.05. The third-order valence-electron chi connectivity index (χ3n) is 3.15. The Morgan fingerprint density at radius 1 is 1.00 bits per heavy atom. The monoisotopic (exact) mass is 268 g/mol. The lowest BCUT2D eigenvalue weighted by Crippen LogP contribution is -2.07. The van der Waals surface area contributed by atoms with Crippen LogP contribution in [0, 0.1) is 6.92 Å². The molecule has 0 aliphatic carbocycles. The van der Waals surface area contributed by atoms with Crippen LogP contribution in [0.25, 0.3) is 21.3 Å². The zero-order chi connectivity index (χ0) is 13.4. The van der Waals surface area contributed by atoms with Gasteiger partial charge in [-0.25, -0.2) is 4.98 Å². The summed E-state index contributed by atoms with van der Waals surface area (Å²) in [6.07, 6.45) is 0. The van der Waals surface area contributed by atoms with Gasteiger partial charge in [0.1, 0.15) is 0 Å². The summed E-state index contributed by atoms with van der Waals surface area (Å²) in [6, 6.07) is 15.0. The molecule has 19 heavy (non-hydrogen) atoms. The predicted octanol–water partition coefficient (Wildman–Crippen LogP) is 4.34. The normalized spacial score (nSPS) is 10.9. The van der Waals surface area contributed by atoms with E-state index in [2.05, 4.69) is 54.3 Å². The minimum Gasteiger partial charge on any atom is -0.354 e. The fourth-order valence-electron chi connectivity index (χ4n) is 2.09. The number of anilines is 1. The molecule has 1 aromatic heterocycles. The molecule has 0 fully saturated rings. The first kappa shape index (κ1) is 12.2. The van der Waals surface area contributed by atoms with Crippen LogP contribution in [-0.4, -0.2) is 19.1 Å². The minimum absolute atomic E-state index is 1.05. The lowest BCUT2D eigenvalue weighted by Gasteiger charge is -2.05. The molecule has 0 aliphatic heterocycles. The van der Waals surface area contributed by atoms with Crippen LogP contribution in [-0.2, 0) is 0 Å². The highest BCUT2D eigenvalue weighted by molar-refractivity contribution is 7.22. The van der Waals surface area contributed by atoms with E-state index in [0.29, 0.717) is 0 Å². The Hall–Kier alpha value is -1.87. The van der Waals surface area contributed by atoms with Gasteiger partial charge in [0.25, 0.3) is 0 Å². The highest BCUT2D eigenvalue weighted by Crippen LogP contribution is 2.34. The maximum atomic E-state index is 4.76. The first-order chi connectivity index (χ1) is 9.15. The van der Waals surface area contributed by atoms with E-state index < -0.39 is 0 Å². The Kier molecular flexibility index (Phi) is 2.99. The van der Waals surface area contributed by atoms with Gasteiger partial charge in [0.05, 0.1) is 10.2 Å². The molecule has 0 atom stereocenters. The predicted molar refractivity (Wildman–Crippen MR) is 84.1 cm³/mol. The Balaban J connectivity index is 2.20. The number of fused-ring (bicyclic) bond motifs is 1. The molecule has 0 aliphatic rings. The van der Waals surface area contributed by atoms with Gasteiger partial charge in [0, 0.05) is 19.7 Å². The number of aryl methyl sites for hydroxylation is 1. The molecule has 0 radical (unpaired) electrons. The molecule has 0 amide bonds. The zero-order valence-electron chi connectivity index (χ0n) is 11.3. The number of hydrogen-bond acceptors (Lipinski definition) is 3. The van der Waals surface area contributed by atoms with Gasteiger partial charge in [-0.15, -0.1) is 0 Å². The van der Waals surface area contributed by atoms with Crippen molar-refractivity contribution < 1.29 is 0 Å². The van der Waals surface area contributed by atoms with Crippen LogP contribution in [0.3, 0.4) is 0 Å². The number of benzene rings is 2. The van der Waals surface area contributed by atoms with Crippen molar-refractivity contribution in [3.05, 3.63) is 48.0 Å². The van der Waals surface area contributed by atoms with E-state index in [0.717, 1.165) is 10.6 Å². The lowest BCUT2D eigenvalue weighted by atomic mass is 10.0. The van der Waals surface area contributed by atoms with E-state index in [1.54, 1.807) is 11.3 Å². The molecule has 1 heterocycles. The Labute approximate surface area is 117 Å². The summed E-state index contributed by atoms with van der Waals surface area (Å²) in [5.74, 6) is 0. The highest BCUT2D eigenvalue weighted by Gasteiger charge is 2.10. The van der Waals surface area contributed by atoms with E-state index in [9.17, 15) is 0 Å². The molecule has 96 valence electrons. The smallest absolute Gasteiger partial charge is 0.185 e. The third kappa shape index (κ3) is 2.22. The van der Waals surface area contributed by atoms with Gasteiger partial charge in [-0.05, 0) is 18.6 Å². The Morgan fingerprint density at radius 2 is 1.74 bits per heavy atom. The van der Waals surface area contributed by atoms with Crippen LogP contribution in [0.1, 0.15) is 5.56 Å². The van der Waals surface area contributed by atoms with Crippen molar-refractivity contribution >= 4 is 26.7 Å². The molecule has 0 spiro atoms. The molecule has 2 nitrogen and oxygen atoms in total. The van der Waals surface area contributed by atoms with Gasteiger partial charge in [0.2, 0.25) is 0 Å². The van der Waals surface area contributed by atoms with Crippen LogP contribution in [0.15, 0.2) is 42.5 Å². The van der Waals surface area contributed by atoms with Crippen molar-refractivity contribution in [3.8, 4) is 11.1 Å². The van der Waals surface area contributed by atoms with Gasteiger partial charge >= 0.3 is 0 Å². The van der Waals surface area contributed by atoms with Crippen LogP contribution < -0.4 is 4.90 Å². The fraction of sp³-hybridized carbons (Fsp3) is 0.188. The summed E-state index contributed by atoms with van der Waals surface area (Å²) in [4.78, 5) is 6.81. The van der Waals surface area contributed by atoms with E-state index >= 15 is 0 Å². The fourth-order valence-corrected chi connectivity index (χ4v) is 3.01. The number of nitrogens with zero attached hydrogens (tertiary/aromatic N) is 2. The topological polar surface area (TPSA) is 16.1 Å². The second kappa shape index (κ2) is 4.67. The molecule has 0 unspecified atom stereocenters. The van der Waals surface area contributed by atoms with Crippen molar-refractivity contribution in [2.75, 3.05) is 19.0 Å². The van der Waals surface area contributed by atoms with Crippen LogP contribution in [0.5, 0.6) is 0 Å². The van der Waals surface area contributed by atoms with Gasteiger partial charge in [-0.2, -0.15) is 0 Å². The van der Waals surface area contributed by atoms with Crippen LogP contribution in [0.2, 0.25) is 0 Å². The van der Waals surface area contributed by atoms with E-state index in [4.69, 9.17) is 4.98 Å². The Morgan fingerprint density at radius 3 is 2.42 bits per heavy atom. The number of aromatic nitrogens is 1. The molecule has 0 bridgehead atoms. The van der Waals surface area contributed by atoms with Crippen LogP contribution in [0.4, 0.5) is 5.13 Å². The van der Waals surface area contributed by atoms with Crippen molar-refractivity contribution in [1.29, 1.82) is 0 Å². The molecule has 3 aromatic rings. The summed E-state index contributed by atoms with van der Waals surface area (Å²) in [5.41, 5.74) is 4.82. The van der Waals surface area contributed by atoms with Gasteiger partial charge < -0.3 is 4.90 Å². The van der Waals surface area contributed by atoms with E-state index in [1.165, 1.54) is 21.4 Å². The molecule has 2 aromatic carbocycles. The minimum atomic E-state index is 1.05. The van der Waals surface area contributed by atoms with Crippen molar-refractivity contribution in [3.63, 3.8) is 0 Å². The second-order valence-electron chi connectivity index (χ2n) is 4.91. The first-order valence-corrected chi connectivity index (χ1v) is 7.11. The molecule has 0 saturated carbocycles. The first-order valence-electron chi connectivity index (χ1n) is 6.29. The standard InChI is InChI=1S/C16H16N2S/c1-11-7-9-12(10-8-11)13-5-4-6-14-15(13)17-16(19-14)18(2)3/h4-10H,1-3H3. The molecule has 0 N–H and O–H groups in total.